The average Bonchev–Trinajstić information content (AvgIpc) is 3.59. The molecule has 510 valence electrons. The largest absolute Gasteiger partial charge is 0.472 e. The van der Waals surface area contributed by atoms with E-state index in [1.165, 1.54) is 135 Å². The zero-order valence-electron chi connectivity index (χ0n) is 55.8. The third kappa shape index (κ3) is 59.7. The number of aliphatic hydroxyl groups is 1. The minimum atomic E-state index is -4.95. The summed E-state index contributed by atoms with van der Waals surface area (Å²) in [5.41, 5.74) is 0. The van der Waals surface area contributed by atoms with Crippen LogP contribution < -0.4 is 0 Å². The molecule has 6 atom stereocenters. The first-order valence-electron chi connectivity index (χ1n) is 34.9. The molecule has 0 bridgehead atoms. The summed E-state index contributed by atoms with van der Waals surface area (Å²) in [5.74, 6) is 0.0576. The molecule has 17 nitrogen and oxygen atoms in total. The van der Waals surface area contributed by atoms with Crippen molar-refractivity contribution < 1.29 is 80.2 Å². The number of hydrogen-bond acceptors (Lipinski definition) is 15. The number of carbonyl (C=O) groups is 4. The van der Waals surface area contributed by atoms with Gasteiger partial charge >= 0.3 is 39.5 Å². The fourth-order valence-electron chi connectivity index (χ4n) is 9.98. The zero-order chi connectivity index (χ0) is 63.8. The third-order valence-electron chi connectivity index (χ3n) is 15.7. The van der Waals surface area contributed by atoms with Gasteiger partial charge in [-0.3, -0.25) is 37.3 Å². The molecule has 0 saturated carbocycles. The van der Waals surface area contributed by atoms with Gasteiger partial charge in [-0.05, 0) is 43.4 Å². The van der Waals surface area contributed by atoms with Gasteiger partial charge in [-0.1, -0.05) is 280 Å². The van der Waals surface area contributed by atoms with Crippen molar-refractivity contribution in [2.75, 3.05) is 39.6 Å². The normalized spacial score (nSPS) is 14.6. The van der Waals surface area contributed by atoms with Crippen molar-refractivity contribution in [2.45, 2.75) is 349 Å². The highest BCUT2D eigenvalue weighted by atomic mass is 31.2. The molecule has 0 fully saturated rings. The van der Waals surface area contributed by atoms with Crippen LogP contribution in [0.25, 0.3) is 0 Å². The molecule has 0 saturated heterocycles. The van der Waals surface area contributed by atoms with Crippen molar-refractivity contribution in [1.82, 2.24) is 0 Å². The lowest BCUT2D eigenvalue weighted by atomic mass is 9.99. The number of phosphoric acid groups is 2. The van der Waals surface area contributed by atoms with E-state index < -0.39 is 97.5 Å². The number of aliphatic hydroxyl groups excluding tert-OH is 1. The fraction of sp³-hybridized carbons (Fsp3) is 0.940. The molecule has 0 aromatic heterocycles. The second-order valence-corrected chi connectivity index (χ2v) is 28.3. The summed E-state index contributed by atoms with van der Waals surface area (Å²) < 4.78 is 68.0. The maximum absolute atomic E-state index is 13.0. The first-order valence-corrected chi connectivity index (χ1v) is 37.9. The molecule has 3 unspecified atom stereocenters. The van der Waals surface area contributed by atoms with Gasteiger partial charge in [0.05, 0.1) is 26.4 Å². The second kappa shape index (κ2) is 58.2. The number of esters is 4. The van der Waals surface area contributed by atoms with Crippen LogP contribution >= 0.6 is 15.6 Å². The van der Waals surface area contributed by atoms with Gasteiger partial charge in [0, 0.05) is 25.7 Å². The van der Waals surface area contributed by atoms with Gasteiger partial charge in [-0.25, -0.2) is 9.13 Å². The Kier molecular flexibility index (Phi) is 56.9. The van der Waals surface area contributed by atoms with Gasteiger partial charge in [-0.15, -0.1) is 0 Å². The van der Waals surface area contributed by atoms with Crippen molar-refractivity contribution in [3.05, 3.63) is 0 Å². The van der Waals surface area contributed by atoms with Gasteiger partial charge in [-0.2, -0.15) is 0 Å². The summed E-state index contributed by atoms with van der Waals surface area (Å²) in [5, 5.41) is 10.5. The lowest BCUT2D eigenvalue weighted by molar-refractivity contribution is -0.161. The van der Waals surface area contributed by atoms with Crippen molar-refractivity contribution in [3.63, 3.8) is 0 Å². The number of hydrogen-bond donors (Lipinski definition) is 3. The maximum atomic E-state index is 13.0. The Balaban J connectivity index is 5.19. The molecule has 19 heteroatoms. The van der Waals surface area contributed by atoms with Crippen LogP contribution in [0.5, 0.6) is 0 Å². The molecule has 0 aromatic rings. The van der Waals surface area contributed by atoms with Crippen LogP contribution in [0.4, 0.5) is 0 Å². The minimum Gasteiger partial charge on any atom is -0.462 e. The van der Waals surface area contributed by atoms with E-state index in [0.717, 1.165) is 102 Å². The van der Waals surface area contributed by atoms with Crippen LogP contribution in [0.15, 0.2) is 0 Å². The summed E-state index contributed by atoms with van der Waals surface area (Å²) in [4.78, 5) is 72.2. The summed E-state index contributed by atoms with van der Waals surface area (Å²) in [6, 6.07) is 0. The minimum absolute atomic E-state index is 0.101. The Labute approximate surface area is 524 Å². The van der Waals surface area contributed by atoms with Gasteiger partial charge < -0.3 is 33.8 Å². The van der Waals surface area contributed by atoms with Gasteiger partial charge in [0.15, 0.2) is 12.2 Å². The van der Waals surface area contributed by atoms with E-state index >= 15 is 0 Å². The van der Waals surface area contributed by atoms with Crippen molar-refractivity contribution in [2.24, 2.45) is 17.8 Å². The van der Waals surface area contributed by atoms with Crippen LogP contribution in [-0.2, 0) is 65.4 Å². The van der Waals surface area contributed by atoms with E-state index in [0.29, 0.717) is 37.5 Å². The SMILES string of the molecule is CCCCCCCCCCCCC(=O)OC[C@H](COP(=O)(O)OC[C@@H](O)COP(=O)(O)OC[C@@H](COC(=O)CCCCCCCCC(C)C)OC(=O)CCCCCCCCC(C)C)OC(=O)CCCCCCCCCCCCCCCCC(C)CC. The molecule has 0 aromatic carbocycles. The molecular formula is C67H130O17P2. The highest BCUT2D eigenvalue weighted by Crippen LogP contribution is 2.45. The predicted octanol–water partition coefficient (Wildman–Crippen LogP) is 18.7. The van der Waals surface area contributed by atoms with Gasteiger partial charge in [0.2, 0.25) is 0 Å². The molecule has 86 heavy (non-hydrogen) atoms. The fourth-order valence-corrected chi connectivity index (χ4v) is 11.6. The van der Waals surface area contributed by atoms with Crippen molar-refractivity contribution in [3.8, 4) is 0 Å². The topological polar surface area (TPSA) is 237 Å². The Morgan fingerprint density at radius 3 is 0.884 bits per heavy atom. The highest BCUT2D eigenvalue weighted by Gasteiger charge is 2.30. The molecule has 0 spiro atoms. The zero-order valence-corrected chi connectivity index (χ0v) is 57.6. The van der Waals surface area contributed by atoms with Crippen molar-refractivity contribution in [1.29, 1.82) is 0 Å². The summed E-state index contributed by atoms with van der Waals surface area (Å²) in [6.45, 7) is 11.7. The first-order chi connectivity index (χ1) is 41.3. The smallest absolute Gasteiger partial charge is 0.462 e. The molecule has 0 heterocycles. The van der Waals surface area contributed by atoms with Crippen molar-refractivity contribution >= 4 is 39.5 Å². The Bertz CT molecular complexity index is 1700. The van der Waals surface area contributed by atoms with E-state index in [2.05, 4.69) is 48.5 Å². The third-order valence-corrected chi connectivity index (χ3v) is 17.6. The molecule has 0 radical (unpaired) electrons. The monoisotopic (exact) mass is 1270 g/mol. The number of ether oxygens (including phenoxy) is 4. The van der Waals surface area contributed by atoms with Crippen LogP contribution in [0, 0.1) is 17.8 Å². The van der Waals surface area contributed by atoms with Crippen LogP contribution in [0.3, 0.4) is 0 Å². The Morgan fingerprint density at radius 2 is 0.593 bits per heavy atom. The standard InChI is InChI=1S/C67H130O17P2/c1-8-10-11-12-13-14-22-25-34-41-48-64(69)77-54-62(83-66(71)50-43-36-26-23-20-18-16-15-17-19-21-24-33-40-47-60(7)9-2)56-81-85(73,74)79-52-61(68)53-80-86(75,76)82-57-63(84-67(72)51-44-37-30-28-32-39-46-59(5)6)55-78-65(70)49-42-35-29-27-31-38-45-58(3)4/h58-63,68H,8-57H2,1-7H3,(H,73,74)(H,75,76)/t60?,61-,62-,63-/m1/s1. The number of phosphoric ester groups is 2. The molecular weight excluding hydrogens is 1140 g/mol. The van der Waals surface area contributed by atoms with E-state index in [9.17, 15) is 43.2 Å². The first kappa shape index (κ1) is 84.1. The molecule has 0 rings (SSSR count). The maximum Gasteiger partial charge on any atom is 0.472 e. The lowest BCUT2D eigenvalue weighted by Gasteiger charge is -2.21. The second-order valence-electron chi connectivity index (χ2n) is 25.4. The van der Waals surface area contributed by atoms with E-state index in [1.54, 1.807) is 0 Å². The predicted molar refractivity (Wildman–Crippen MR) is 344 cm³/mol. The number of unbranched alkanes of at least 4 members (excludes halogenated alkanes) is 32. The van der Waals surface area contributed by atoms with Crippen LogP contribution in [-0.4, -0.2) is 96.7 Å². The molecule has 0 aliphatic heterocycles. The summed E-state index contributed by atoms with van der Waals surface area (Å²) in [7, 11) is -9.89. The highest BCUT2D eigenvalue weighted by molar-refractivity contribution is 7.47. The summed E-state index contributed by atoms with van der Waals surface area (Å²) in [6.07, 6.45) is 40.6. The van der Waals surface area contributed by atoms with E-state index in [4.69, 9.17) is 37.0 Å². The quantitative estimate of drug-likeness (QED) is 0.0222. The van der Waals surface area contributed by atoms with Crippen LogP contribution in [0.2, 0.25) is 0 Å². The van der Waals surface area contributed by atoms with Gasteiger partial charge in [0.25, 0.3) is 0 Å². The molecule has 0 aliphatic rings. The molecule has 0 aliphatic carbocycles. The summed E-state index contributed by atoms with van der Waals surface area (Å²) >= 11 is 0. The van der Waals surface area contributed by atoms with E-state index in [1.807, 2.05) is 0 Å². The molecule has 0 amide bonds. The number of carbonyl (C=O) groups excluding carboxylic acids is 4. The average molecular weight is 1270 g/mol. The van der Waals surface area contributed by atoms with Crippen LogP contribution in [0.1, 0.15) is 331 Å². The van der Waals surface area contributed by atoms with E-state index in [-0.39, 0.29) is 25.7 Å². The lowest BCUT2D eigenvalue weighted by Crippen LogP contribution is -2.30. The Hall–Kier alpha value is -1.94. The van der Waals surface area contributed by atoms with Gasteiger partial charge in [0.1, 0.15) is 19.3 Å². The Morgan fingerprint density at radius 1 is 0.337 bits per heavy atom. The molecule has 3 N–H and O–H groups in total. The number of rotatable bonds is 65.